The highest BCUT2D eigenvalue weighted by atomic mass is 16.7. The molecule has 0 radical (unpaired) electrons. The SMILES string of the molecule is CNCCC(c1ccc2c(c1)OCO2)C1CCCNC1. The predicted octanol–water partition coefficient (Wildman–Crippen LogP) is 2.11. The van der Waals surface area contributed by atoms with Crippen molar-refractivity contribution in [3.63, 3.8) is 0 Å². The first-order valence-electron chi connectivity index (χ1n) is 7.63. The van der Waals surface area contributed by atoms with E-state index in [2.05, 4.69) is 28.8 Å². The van der Waals surface area contributed by atoms with Crippen LogP contribution in [0.1, 0.15) is 30.7 Å². The molecule has 2 atom stereocenters. The van der Waals surface area contributed by atoms with Gasteiger partial charge in [0.15, 0.2) is 11.5 Å². The minimum atomic E-state index is 0.352. The van der Waals surface area contributed by atoms with E-state index >= 15 is 0 Å². The van der Waals surface area contributed by atoms with E-state index in [-0.39, 0.29) is 0 Å². The van der Waals surface area contributed by atoms with Crippen molar-refractivity contribution in [3.05, 3.63) is 23.8 Å². The molecular weight excluding hydrogens is 252 g/mol. The number of benzene rings is 1. The number of hydrogen-bond donors (Lipinski definition) is 2. The predicted molar refractivity (Wildman–Crippen MR) is 79.4 cm³/mol. The molecule has 2 heterocycles. The topological polar surface area (TPSA) is 42.5 Å². The summed E-state index contributed by atoms with van der Waals surface area (Å²) in [5.41, 5.74) is 1.39. The molecule has 4 heteroatoms. The highest BCUT2D eigenvalue weighted by Gasteiger charge is 2.26. The zero-order valence-electron chi connectivity index (χ0n) is 12.2. The van der Waals surface area contributed by atoms with Crippen LogP contribution in [-0.2, 0) is 0 Å². The van der Waals surface area contributed by atoms with Crippen molar-refractivity contribution in [3.8, 4) is 11.5 Å². The molecule has 2 aliphatic rings. The molecule has 0 aromatic heterocycles. The lowest BCUT2D eigenvalue weighted by molar-refractivity contribution is 0.174. The minimum absolute atomic E-state index is 0.352. The van der Waals surface area contributed by atoms with E-state index < -0.39 is 0 Å². The fourth-order valence-corrected chi connectivity index (χ4v) is 3.34. The number of nitrogens with one attached hydrogen (secondary N) is 2. The highest BCUT2D eigenvalue weighted by Crippen LogP contribution is 2.38. The second-order valence-electron chi connectivity index (χ2n) is 5.72. The Kier molecular flexibility index (Phi) is 4.43. The van der Waals surface area contributed by atoms with Crippen molar-refractivity contribution < 1.29 is 9.47 Å². The lowest BCUT2D eigenvalue weighted by atomic mass is 9.79. The zero-order chi connectivity index (χ0) is 13.8. The van der Waals surface area contributed by atoms with Crippen LogP contribution in [-0.4, -0.2) is 33.5 Å². The van der Waals surface area contributed by atoms with Gasteiger partial charge in [0, 0.05) is 0 Å². The molecule has 3 rings (SSSR count). The molecule has 1 aromatic carbocycles. The first kappa shape index (κ1) is 13.7. The number of rotatable bonds is 5. The van der Waals surface area contributed by atoms with Crippen LogP contribution in [0.15, 0.2) is 18.2 Å². The van der Waals surface area contributed by atoms with Gasteiger partial charge >= 0.3 is 0 Å². The molecule has 1 saturated heterocycles. The Balaban J connectivity index is 1.80. The number of hydrogen-bond acceptors (Lipinski definition) is 4. The molecule has 1 aromatic rings. The van der Waals surface area contributed by atoms with Crippen LogP contribution in [0.3, 0.4) is 0 Å². The first-order chi connectivity index (χ1) is 9.88. The molecular formula is C16H24N2O2. The van der Waals surface area contributed by atoms with E-state index in [1.807, 2.05) is 7.05 Å². The minimum Gasteiger partial charge on any atom is -0.454 e. The Labute approximate surface area is 120 Å². The van der Waals surface area contributed by atoms with Gasteiger partial charge in [0.2, 0.25) is 6.79 Å². The maximum atomic E-state index is 5.53. The van der Waals surface area contributed by atoms with Crippen molar-refractivity contribution in [1.29, 1.82) is 0 Å². The molecule has 0 spiro atoms. The van der Waals surface area contributed by atoms with Gasteiger partial charge in [0.05, 0.1) is 0 Å². The highest BCUT2D eigenvalue weighted by molar-refractivity contribution is 5.45. The van der Waals surface area contributed by atoms with Gasteiger partial charge in [-0.1, -0.05) is 6.07 Å². The maximum absolute atomic E-state index is 5.53. The molecule has 110 valence electrons. The molecule has 0 aliphatic carbocycles. The molecule has 2 N–H and O–H groups in total. The summed E-state index contributed by atoms with van der Waals surface area (Å²) in [6.45, 7) is 3.69. The van der Waals surface area contributed by atoms with Crippen molar-refractivity contribution in [2.75, 3.05) is 33.5 Å². The van der Waals surface area contributed by atoms with E-state index in [9.17, 15) is 0 Å². The Bertz CT molecular complexity index is 444. The maximum Gasteiger partial charge on any atom is 0.231 e. The quantitative estimate of drug-likeness (QED) is 0.864. The van der Waals surface area contributed by atoms with Gasteiger partial charge in [-0.2, -0.15) is 0 Å². The van der Waals surface area contributed by atoms with Crippen LogP contribution in [0.4, 0.5) is 0 Å². The summed E-state index contributed by atoms with van der Waals surface area (Å²) in [4.78, 5) is 0. The van der Waals surface area contributed by atoms with Crippen molar-refractivity contribution in [2.45, 2.75) is 25.2 Å². The third kappa shape index (κ3) is 2.91. The van der Waals surface area contributed by atoms with E-state index in [4.69, 9.17) is 9.47 Å². The van der Waals surface area contributed by atoms with Gasteiger partial charge < -0.3 is 20.1 Å². The average molecular weight is 276 g/mol. The monoisotopic (exact) mass is 276 g/mol. The smallest absolute Gasteiger partial charge is 0.231 e. The summed E-state index contributed by atoms with van der Waals surface area (Å²) in [5, 5.41) is 6.82. The molecule has 0 saturated carbocycles. The van der Waals surface area contributed by atoms with Gasteiger partial charge in [0.25, 0.3) is 0 Å². The fourth-order valence-electron chi connectivity index (χ4n) is 3.34. The Morgan fingerprint density at radius 2 is 2.25 bits per heavy atom. The normalized spacial score (nSPS) is 22.8. The second-order valence-corrected chi connectivity index (χ2v) is 5.72. The molecule has 0 amide bonds. The van der Waals surface area contributed by atoms with E-state index in [0.29, 0.717) is 12.7 Å². The van der Waals surface area contributed by atoms with Gasteiger partial charge in [-0.05, 0) is 75.5 Å². The summed E-state index contributed by atoms with van der Waals surface area (Å²) in [6, 6.07) is 6.44. The fraction of sp³-hybridized carbons (Fsp3) is 0.625. The van der Waals surface area contributed by atoms with E-state index in [1.165, 1.54) is 24.8 Å². The standard InChI is InChI=1S/C16H24N2O2/c1-17-8-6-14(13-3-2-7-18-10-13)12-4-5-15-16(9-12)20-11-19-15/h4-5,9,13-14,17-18H,2-3,6-8,10-11H2,1H3. The number of piperidine rings is 1. The number of ether oxygens (including phenoxy) is 2. The summed E-state index contributed by atoms with van der Waals surface area (Å²) in [5.74, 6) is 3.09. The third-order valence-electron chi connectivity index (χ3n) is 4.43. The molecule has 4 nitrogen and oxygen atoms in total. The number of fused-ring (bicyclic) bond motifs is 1. The van der Waals surface area contributed by atoms with Crippen molar-refractivity contribution in [2.24, 2.45) is 5.92 Å². The lowest BCUT2D eigenvalue weighted by Gasteiger charge is -2.31. The Morgan fingerprint density at radius 3 is 3.05 bits per heavy atom. The summed E-state index contributed by atoms with van der Waals surface area (Å²) in [6.07, 6.45) is 3.77. The summed E-state index contributed by atoms with van der Waals surface area (Å²) in [7, 11) is 2.02. The lowest BCUT2D eigenvalue weighted by Crippen LogP contribution is -2.34. The first-order valence-corrected chi connectivity index (χ1v) is 7.63. The third-order valence-corrected chi connectivity index (χ3v) is 4.43. The average Bonchev–Trinajstić information content (AvgIpc) is 2.96. The van der Waals surface area contributed by atoms with Crippen LogP contribution in [0.5, 0.6) is 11.5 Å². The van der Waals surface area contributed by atoms with Gasteiger partial charge in [0.1, 0.15) is 0 Å². The van der Waals surface area contributed by atoms with Crippen molar-refractivity contribution in [1.82, 2.24) is 10.6 Å². The van der Waals surface area contributed by atoms with Gasteiger partial charge in [-0.25, -0.2) is 0 Å². The second kappa shape index (κ2) is 6.46. The molecule has 20 heavy (non-hydrogen) atoms. The van der Waals surface area contributed by atoms with Gasteiger partial charge in [-0.15, -0.1) is 0 Å². The summed E-state index contributed by atoms with van der Waals surface area (Å²) >= 11 is 0. The van der Waals surface area contributed by atoms with E-state index in [1.54, 1.807) is 0 Å². The molecule has 1 fully saturated rings. The molecule has 0 bridgehead atoms. The van der Waals surface area contributed by atoms with Crippen LogP contribution in [0.2, 0.25) is 0 Å². The van der Waals surface area contributed by atoms with Crippen LogP contribution in [0.25, 0.3) is 0 Å². The van der Waals surface area contributed by atoms with E-state index in [0.717, 1.165) is 37.1 Å². The molecule has 2 aliphatic heterocycles. The summed E-state index contributed by atoms with van der Waals surface area (Å²) < 4.78 is 10.9. The largest absolute Gasteiger partial charge is 0.454 e. The Hall–Kier alpha value is -1.26. The van der Waals surface area contributed by atoms with Crippen molar-refractivity contribution >= 4 is 0 Å². The zero-order valence-corrected chi connectivity index (χ0v) is 12.2. The van der Waals surface area contributed by atoms with Crippen LogP contribution in [0, 0.1) is 5.92 Å². The molecule has 2 unspecified atom stereocenters. The van der Waals surface area contributed by atoms with Crippen LogP contribution >= 0.6 is 0 Å². The van der Waals surface area contributed by atoms with Gasteiger partial charge in [-0.3, -0.25) is 0 Å². The van der Waals surface area contributed by atoms with Crippen LogP contribution < -0.4 is 20.1 Å². The Morgan fingerprint density at radius 1 is 1.35 bits per heavy atom.